The Balaban J connectivity index is 2.18. The molecule has 0 radical (unpaired) electrons. The molecule has 2 nitrogen and oxygen atoms in total. The number of hydrogen-bond acceptors (Lipinski definition) is 2. The predicted molar refractivity (Wildman–Crippen MR) is 44.4 cm³/mol. The summed E-state index contributed by atoms with van der Waals surface area (Å²) in [6.07, 6.45) is 4.89. The Morgan fingerprint density at radius 2 is 2.50 bits per heavy atom. The highest BCUT2D eigenvalue weighted by Crippen LogP contribution is 1.98. The molecule has 1 rings (SSSR count). The molecule has 0 aliphatic carbocycles. The highest BCUT2D eigenvalue weighted by molar-refractivity contribution is 5.82. The summed E-state index contributed by atoms with van der Waals surface area (Å²) in [5.74, 6) is 1.23. The second kappa shape index (κ2) is 4.31. The lowest BCUT2D eigenvalue weighted by Crippen LogP contribution is -2.29. The summed E-state index contributed by atoms with van der Waals surface area (Å²) < 4.78 is 0. The predicted octanol–water partition coefficient (Wildman–Crippen LogP) is 1.57. The maximum absolute atomic E-state index is 4.37. The van der Waals surface area contributed by atoms with Gasteiger partial charge in [-0.25, -0.2) is 0 Å². The second-order valence-corrected chi connectivity index (χ2v) is 2.71. The van der Waals surface area contributed by atoms with Crippen LogP contribution in [0.3, 0.4) is 0 Å². The van der Waals surface area contributed by atoms with Gasteiger partial charge >= 0.3 is 0 Å². The number of hydrogen-bond donors (Lipinski definition) is 1. The largest absolute Gasteiger partial charge is 0.374 e. The Morgan fingerprint density at radius 1 is 1.60 bits per heavy atom. The molecule has 58 valence electrons. The van der Waals surface area contributed by atoms with E-state index in [9.17, 15) is 0 Å². The lowest BCUT2D eigenvalue weighted by molar-refractivity contribution is 0.708. The molecule has 0 aromatic carbocycles. The zero-order valence-corrected chi connectivity index (χ0v) is 6.69. The molecular formula is C8H16N2. The van der Waals surface area contributed by atoms with Gasteiger partial charge in [-0.2, -0.15) is 0 Å². The van der Waals surface area contributed by atoms with Crippen LogP contribution in [0.4, 0.5) is 0 Å². The van der Waals surface area contributed by atoms with Crippen LogP contribution in [0, 0.1) is 0 Å². The molecule has 0 unspecified atom stereocenters. The lowest BCUT2D eigenvalue weighted by atomic mass is 10.2. The van der Waals surface area contributed by atoms with Gasteiger partial charge in [0.15, 0.2) is 0 Å². The van der Waals surface area contributed by atoms with Crippen molar-refractivity contribution in [2.24, 2.45) is 4.99 Å². The van der Waals surface area contributed by atoms with Crippen molar-refractivity contribution in [1.29, 1.82) is 0 Å². The molecule has 1 aliphatic heterocycles. The Bertz CT molecular complexity index is 118. The molecule has 0 saturated heterocycles. The maximum Gasteiger partial charge on any atom is 0.0963 e. The fraction of sp³-hybridized carbons (Fsp3) is 0.875. The smallest absolute Gasteiger partial charge is 0.0963 e. The normalized spacial score (nSPS) is 17.9. The first-order valence-corrected chi connectivity index (χ1v) is 4.20. The van der Waals surface area contributed by atoms with E-state index in [1.54, 1.807) is 0 Å². The van der Waals surface area contributed by atoms with Gasteiger partial charge in [0.25, 0.3) is 0 Å². The molecule has 0 saturated carbocycles. The van der Waals surface area contributed by atoms with E-state index in [1.807, 2.05) is 0 Å². The summed E-state index contributed by atoms with van der Waals surface area (Å²) in [5.41, 5.74) is 0. The zero-order valence-electron chi connectivity index (χ0n) is 6.69. The molecule has 0 spiro atoms. The Labute approximate surface area is 62.7 Å². The van der Waals surface area contributed by atoms with Crippen molar-refractivity contribution in [3.8, 4) is 0 Å². The average Bonchev–Trinajstić information content (AvgIpc) is 2.03. The maximum atomic E-state index is 4.37. The van der Waals surface area contributed by atoms with Crippen molar-refractivity contribution in [3.63, 3.8) is 0 Å². The van der Waals surface area contributed by atoms with Crippen LogP contribution in [-0.2, 0) is 0 Å². The number of nitrogens with one attached hydrogen (secondary N) is 1. The third-order valence-electron chi connectivity index (χ3n) is 1.73. The van der Waals surface area contributed by atoms with E-state index in [2.05, 4.69) is 17.2 Å². The molecule has 1 N–H and O–H groups in total. The molecule has 1 aliphatic rings. The van der Waals surface area contributed by atoms with Crippen molar-refractivity contribution in [2.45, 2.75) is 32.6 Å². The van der Waals surface area contributed by atoms with Crippen molar-refractivity contribution < 1.29 is 0 Å². The highest BCUT2D eigenvalue weighted by atomic mass is 15.0. The topological polar surface area (TPSA) is 24.4 Å². The van der Waals surface area contributed by atoms with Crippen LogP contribution in [0.15, 0.2) is 4.99 Å². The Morgan fingerprint density at radius 3 is 3.10 bits per heavy atom. The molecule has 0 aromatic rings. The number of nitrogens with zero attached hydrogens (tertiary/aromatic N) is 1. The molecule has 0 bridgehead atoms. The molecular weight excluding hydrogens is 124 g/mol. The summed E-state index contributed by atoms with van der Waals surface area (Å²) in [7, 11) is 0. The lowest BCUT2D eigenvalue weighted by Gasteiger charge is -2.13. The number of amidine groups is 1. The quantitative estimate of drug-likeness (QED) is 0.632. The van der Waals surface area contributed by atoms with Gasteiger partial charge in [-0.3, -0.25) is 4.99 Å². The van der Waals surface area contributed by atoms with E-state index in [0.29, 0.717) is 0 Å². The van der Waals surface area contributed by atoms with Gasteiger partial charge in [0.1, 0.15) is 0 Å². The van der Waals surface area contributed by atoms with E-state index >= 15 is 0 Å². The first kappa shape index (κ1) is 7.58. The van der Waals surface area contributed by atoms with Gasteiger partial charge in [-0.1, -0.05) is 13.3 Å². The van der Waals surface area contributed by atoms with E-state index in [-0.39, 0.29) is 0 Å². The standard InChI is InChI=1S/C8H16N2/c1-2-3-5-8-9-6-4-7-10-8/h2-7H2,1H3,(H,9,10). The number of unbranched alkanes of at least 4 members (excludes halogenated alkanes) is 1. The second-order valence-electron chi connectivity index (χ2n) is 2.71. The fourth-order valence-corrected chi connectivity index (χ4v) is 1.09. The van der Waals surface area contributed by atoms with E-state index in [1.165, 1.54) is 25.1 Å². The molecule has 0 fully saturated rings. The fourth-order valence-electron chi connectivity index (χ4n) is 1.09. The van der Waals surface area contributed by atoms with Gasteiger partial charge in [0.05, 0.1) is 5.84 Å². The molecule has 10 heavy (non-hydrogen) atoms. The SMILES string of the molecule is CCCCC1=NCCCN1. The van der Waals surface area contributed by atoms with Crippen LogP contribution >= 0.6 is 0 Å². The van der Waals surface area contributed by atoms with Crippen LogP contribution in [0.1, 0.15) is 32.6 Å². The molecule has 1 heterocycles. The van der Waals surface area contributed by atoms with Gasteiger partial charge in [-0.05, 0) is 12.8 Å². The van der Waals surface area contributed by atoms with E-state index in [0.717, 1.165) is 19.5 Å². The van der Waals surface area contributed by atoms with Crippen molar-refractivity contribution in [3.05, 3.63) is 0 Å². The van der Waals surface area contributed by atoms with Crippen molar-refractivity contribution in [2.75, 3.05) is 13.1 Å². The van der Waals surface area contributed by atoms with Crippen LogP contribution in [0.2, 0.25) is 0 Å². The Hall–Kier alpha value is -0.530. The monoisotopic (exact) mass is 140 g/mol. The molecule has 0 atom stereocenters. The number of aliphatic imine (C=N–C) groups is 1. The van der Waals surface area contributed by atoms with Crippen molar-refractivity contribution >= 4 is 5.84 Å². The summed E-state index contributed by atoms with van der Waals surface area (Å²) in [5, 5.41) is 3.30. The summed E-state index contributed by atoms with van der Waals surface area (Å²) >= 11 is 0. The first-order chi connectivity index (χ1) is 4.93. The average molecular weight is 140 g/mol. The third kappa shape index (κ3) is 2.38. The Kier molecular flexibility index (Phi) is 3.27. The minimum absolute atomic E-state index is 1.03. The summed E-state index contributed by atoms with van der Waals surface area (Å²) in [6.45, 7) is 4.37. The molecule has 0 aromatic heterocycles. The van der Waals surface area contributed by atoms with Crippen LogP contribution in [0.25, 0.3) is 0 Å². The third-order valence-corrected chi connectivity index (χ3v) is 1.73. The van der Waals surface area contributed by atoms with Crippen molar-refractivity contribution in [1.82, 2.24) is 5.32 Å². The van der Waals surface area contributed by atoms with E-state index in [4.69, 9.17) is 0 Å². The minimum Gasteiger partial charge on any atom is -0.374 e. The summed E-state index contributed by atoms with van der Waals surface area (Å²) in [4.78, 5) is 4.37. The van der Waals surface area contributed by atoms with Crippen LogP contribution in [0.5, 0.6) is 0 Å². The van der Waals surface area contributed by atoms with E-state index < -0.39 is 0 Å². The van der Waals surface area contributed by atoms with Gasteiger partial charge in [0.2, 0.25) is 0 Å². The highest BCUT2D eigenvalue weighted by Gasteiger charge is 2.01. The van der Waals surface area contributed by atoms with Gasteiger partial charge in [-0.15, -0.1) is 0 Å². The van der Waals surface area contributed by atoms with Gasteiger partial charge in [0, 0.05) is 19.5 Å². The number of rotatable bonds is 3. The zero-order chi connectivity index (χ0) is 7.23. The van der Waals surface area contributed by atoms with Crippen LogP contribution in [-0.4, -0.2) is 18.9 Å². The van der Waals surface area contributed by atoms with Crippen LogP contribution < -0.4 is 5.32 Å². The van der Waals surface area contributed by atoms with Gasteiger partial charge < -0.3 is 5.32 Å². The molecule has 2 heteroatoms. The summed E-state index contributed by atoms with van der Waals surface area (Å²) in [6, 6.07) is 0. The molecule has 0 amide bonds. The minimum atomic E-state index is 1.03. The first-order valence-electron chi connectivity index (χ1n) is 4.20.